The molecule has 0 radical (unpaired) electrons. The average molecular weight is 313 g/mol. The molecule has 1 fully saturated rings. The largest absolute Gasteiger partial charge is 0.349 e. The molecule has 120 valence electrons. The van der Waals surface area contributed by atoms with E-state index in [1.165, 1.54) is 6.42 Å². The van der Waals surface area contributed by atoms with Crippen LogP contribution in [-0.4, -0.2) is 30.4 Å². The molecule has 2 N–H and O–H groups in total. The Morgan fingerprint density at radius 1 is 1.38 bits per heavy atom. The standard InChI is InChI=1S/C15H27N3O2S/c1-4-18-11-14(9-13(18)10-16)21(19,20)17(3)15-8-6-5-7-12(15)2/h9,11-12,15H,4-8,10,16H2,1-3H3. The van der Waals surface area contributed by atoms with Crippen LogP contribution in [-0.2, 0) is 23.1 Å². The summed E-state index contributed by atoms with van der Waals surface area (Å²) >= 11 is 0. The lowest BCUT2D eigenvalue weighted by molar-refractivity contribution is 0.213. The highest BCUT2D eigenvalue weighted by atomic mass is 32.2. The van der Waals surface area contributed by atoms with Crippen LogP contribution >= 0.6 is 0 Å². The normalized spacial score (nSPS) is 23.7. The highest BCUT2D eigenvalue weighted by Crippen LogP contribution is 2.31. The third-order valence-electron chi connectivity index (χ3n) is 4.72. The molecule has 1 aromatic heterocycles. The summed E-state index contributed by atoms with van der Waals surface area (Å²) in [4.78, 5) is 0.366. The van der Waals surface area contributed by atoms with Crippen molar-refractivity contribution in [2.75, 3.05) is 7.05 Å². The summed E-state index contributed by atoms with van der Waals surface area (Å²) in [6.07, 6.45) is 6.08. The first-order valence-corrected chi connectivity index (χ1v) is 9.23. The molecule has 0 aromatic carbocycles. The Morgan fingerprint density at radius 2 is 2.05 bits per heavy atom. The fourth-order valence-corrected chi connectivity index (χ4v) is 4.86. The van der Waals surface area contributed by atoms with Gasteiger partial charge >= 0.3 is 0 Å². The van der Waals surface area contributed by atoms with E-state index in [9.17, 15) is 8.42 Å². The number of aromatic nitrogens is 1. The maximum absolute atomic E-state index is 12.8. The van der Waals surface area contributed by atoms with Gasteiger partial charge in [0, 0.05) is 38.1 Å². The minimum absolute atomic E-state index is 0.107. The molecule has 1 saturated carbocycles. The Balaban J connectivity index is 2.30. The molecule has 5 nitrogen and oxygen atoms in total. The van der Waals surface area contributed by atoms with E-state index >= 15 is 0 Å². The second-order valence-electron chi connectivity index (χ2n) is 6.01. The summed E-state index contributed by atoms with van der Waals surface area (Å²) in [7, 11) is -1.72. The molecule has 0 aliphatic heterocycles. The predicted molar refractivity (Wildman–Crippen MR) is 84.4 cm³/mol. The van der Waals surface area contributed by atoms with Crippen LogP contribution in [0.25, 0.3) is 0 Å². The van der Waals surface area contributed by atoms with E-state index in [1.807, 2.05) is 11.5 Å². The maximum Gasteiger partial charge on any atom is 0.244 e. The van der Waals surface area contributed by atoms with Gasteiger partial charge in [-0.05, 0) is 31.7 Å². The van der Waals surface area contributed by atoms with Gasteiger partial charge in [-0.25, -0.2) is 8.42 Å². The van der Waals surface area contributed by atoms with Gasteiger partial charge in [0.15, 0.2) is 0 Å². The number of sulfonamides is 1. The Labute approximate surface area is 128 Å². The van der Waals surface area contributed by atoms with Gasteiger partial charge < -0.3 is 10.3 Å². The lowest BCUT2D eigenvalue weighted by Gasteiger charge is -2.35. The van der Waals surface area contributed by atoms with Crippen molar-refractivity contribution in [3.8, 4) is 0 Å². The zero-order valence-electron chi connectivity index (χ0n) is 13.2. The highest BCUT2D eigenvalue weighted by Gasteiger charge is 2.33. The smallest absolute Gasteiger partial charge is 0.244 e. The van der Waals surface area contributed by atoms with Gasteiger partial charge in [0.05, 0.1) is 0 Å². The second-order valence-corrected chi connectivity index (χ2v) is 8.01. The molecule has 2 unspecified atom stereocenters. The number of hydrogen-bond donors (Lipinski definition) is 1. The number of aryl methyl sites for hydroxylation is 1. The molecule has 6 heteroatoms. The molecule has 0 amide bonds. The molecule has 2 rings (SSSR count). The lowest BCUT2D eigenvalue weighted by atomic mass is 9.86. The zero-order chi connectivity index (χ0) is 15.6. The van der Waals surface area contributed by atoms with Crippen LogP contribution in [0.4, 0.5) is 0 Å². The van der Waals surface area contributed by atoms with Crippen molar-refractivity contribution in [3.63, 3.8) is 0 Å². The second kappa shape index (κ2) is 6.50. The lowest BCUT2D eigenvalue weighted by Crippen LogP contribution is -2.42. The summed E-state index contributed by atoms with van der Waals surface area (Å²) in [5.41, 5.74) is 6.56. The Kier molecular flexibility index (Phi) is 5.11. The van der Waals surface area contributed by atoms with E-state index in [2.05, 4.69) is 6.92 Å². The highest BCUT2D eigenvalue weighted by molar-refractivity contribution is 7.89. The Bertz CT molecular complexity index is 558. The monoisotopic (exact) mass is 313 g/mol. The molecule has 1 aliphatic rings. The number of hydrogen-bond acceptors (Lipinski definition) is 3. The maximum atomic E-state index is 12.8. The van der Waals surface area contributed by atoms with Crippen molar-refractivity contribution in [1.82, 2.24) is 8.87 Å². The minimum Gasteiger partial charge on any atom is -0.349 e. The molecule has 0 spiro atoms. The molecule has 1 heterocycles. The van der Waals surface area contributed by atoms with E-state index < -0.39 is 10.0 Å². The quantitative estimate of drug-likeness (QED) is 0.906. The number of rotatable bonds is 5. The first-order valence-electron chi connectivity index (χ1n) is 7.79. The first-order chi connectivity index (χ1) is 9.91. The molecule has 1 aromatic rings. The van der Waals surface area contributed by atoms with Crippen LogP contribution in [0.1, 0.15) is 45.2 Å². The molecular weight excluding hydrogens is 286 g/mol. The summed E-state index contributed by atoms with van der Waals surface area (Å²) in [5.74, 6) is 0.417. The number of nitrogens with two attached hydrogens (primary N) is 1. The SMILES string of the molecule is CCn1cc(S(=O)(=O)N(C)C2CCCCC2C)cc1CN. The summed E-state index contributed by atoms with van der Waals surface area (Å²) < 4.78 is 29.2. The van der Waals surface area contributed by atoms with Crippen LogP contribution in [0.15, 0.2) is 17.2 Å². The van der Waals surface area contributed by atoms with Gasteiger partial charge in [0.1, 0.15) is 4.90 Å². The van der Waals surface area contributed by atoms with Crippen molar-refractivity contribution in [2.24, 2.45) is 11.7 Å². The van der Waals surface area contributed by atoms with Gasteiger partial charge in [0.25, 0.3) is 0 Å². The van der Waals surface area contributed by atoms with Gasteiger partial charge in [-0.3, -0.25) is 0 Å². The Morgan fingerprint density at radius 3 is 2.57 bits per heavy atom. The molecule has 0 bridgehead atoms. The van der Waals surface area contributed by atoms with E-state index in [0.717, 1.165) is 31.5 Å². The van der Waals surface area contributed by atoms with Crippen molar-refractivity contribution >= 4 is 10.0 Å². The fraction of sp³-hybridized carbons (Fsp3) is 0.733. The van der Waals surface area contributed by atoms with E-state index in [-0.39, 0.29) is 6.04 Å². The molecule has 21 heavy (non-hydrogen) atoms. The van der Waals surface area contributed by atoms with E-state index in [1.54, 1.807) is 23.6 Å². The average Bonchev–Trinajstić information content (AvgIpc) is 2.91. The van der Waals surface area contributed by atoms with E-state index in [4.69, 9.17) is 5.73 Å². The van der Waals surface area contributed by atoms with E-state index in [0.29, 0.717) is 17.4 Å². The number of nitrogens with zero attached hydrogens (tertiary/aromatic N) is 2. The Hall–Kier alpha value is -0.850. The van der Waals surface area contributed by atoms with Crippen LogP contribution in [0, 0.1) is 5.92 Å². The van der Waals surface area contributed by atoms with Gasteiger partial charge in [0.2, 0.25) is 10.0 Å². The summed E-state index contributed by atoms with van der Waals surface area (Å²) in [5, 5.41) is 0. The zero-order valence-corrected chi connectivity index (χ0v) is 14.1. The summed E-state index contributed by atoms with van der Waals surface area (Å²) in [6.45, 7) is 5.22. The summed E-state index contributed by atoms with van der Waals surface area (Å²) in [6, 6.07) is 1.82. The third-order valence-corrected chi connectivity index (χ3v) is 6.57. The molecule has 0 saturated heterocycles. The third kappa shape index (κ3) is 3.17. The van der Waals surface area contributed by atoms with Crippen LogP contribution in [0.2, 0.25) is 0 Å². The molecule has 1 aliphatic carbocycles. The van der Waals surface area contributed by atoms with Gasteiger partial charge in [-0.2, -0.15) is 4.31 Å². The molecule has 2 atom stereocenters. The first kappa shape index (κ1) is 16.5. The molecular formula is C15H27N3O2S. The van der Waals surface area contributed by atoms with Gasteiger partial charge in [-0.1, -0.05) is 19.8 Å². The van der Waals surface area contributed by atoms with Crippen molar-refractivity contribution in [3.05, 3.63) is 18.0 Å². The van der Waals surface area contributed by atoms with Crippen molar-refractivity contribution in [1.29, 1.82) is 0 Å². The van der Waals surface area contributed by atoms with Crippen LogP contribution in [0.5, 0.6) is 0 Å². The van der Waals surface area contributed by atoms with Crippen LogP contribution < -0.4 is 5.73 Å². The van der Waals surface area contributed by atoms with Crippen LogP contribution in [0.3, 0.4) is 0 Å². The van der Waals surface area contributed by atoms with Gasteiger partial charge in [-0.15, -0.1) is 0 Å². The van der Waals surface area contributed by atoms with Crippen molar-refractivity contribution in [2.45, 2.75) is 63.6 Å². The topological polar surface area (TPSA) is 68.3 Å². The minimum atomic E-state index is -3.44. The predicted octanol–water partition coefficient (Wildman–Crippen LogP) is 2.17. The van der Waals surface area contributed by atoms with Crippen molar-refractivity contribution < 1.29 is 8.42 Å². The fourth-order valence-electron chi connectivity index (χ4n) is 3.31.